The molecule has 0 spiro atoms. The molecule has 0 fully saturated rings. The van der Waals surface area contributed by atoms with Crippen molar-refractivity contribution in [2.45, 2.75) is 6.04 Å². The Hall–Kier alpha value is -1.61. The van der Waals surface area contributed by atoms with Crippen molar-refractivity contribution in [2.75, 3.05) is 7.05 Å². The zero-order valence-electron chi connectivity index (χ0n) is 8.41. The zero-order valence-corrected chi connectivity index (χ0v) is 8.41. The van der Waals surface area contributed by atoms with Gasteiger partial charge in [-0.25, -0.2) is 4.39 Å². The topological polar surface area (TPSA) is 25.2 Å². The van der Waals surface area contributed by atoms with Gasteiger partial charge in [0.2, 0.25) is 0 Å². The highest BCUT2D eigenvalue weighted by molar-refractivity contribution is 5.26. The highest BCUT2D eigenvalue weighted by atomic mass is 19.1. The van der Waals surface area contributed by atoms with Crippen LogP contribution in [0.1, 0.15) is 17.4 Å². The van der Waals surface area contributed by atoms with Crippen LogP contribution >= 0.6 is 0 Å². The fourth-order valence-electron chi connectivity index (χ4n) is 1.58. The van der Waals surface area contributed by atoms with Gasteiger partial charge in [-0.05, 0) is 36.9 Å². The summed E-state index contributed by atoms with van der Waals surface area (Å²) in [5.74, 6) is 0.595. The average molecular weight is 205 g/mol. The lowest BCUT2D eigenvalue weighted by atomic mass is 10.1. The van der Waals surface area contributed by atoms with E-state index >= 15 is 0 Å². The first kappa shape index (κ1) is 9.93. The standard InChI is InChI=1S/C12H12FNO/c1-14-12(11-3-2-8-15-11)9-4-6-10(13)7-5-9/h2-8,12,14H,1H3. The Bertz CT molecular complexity index is 408. The molecule has 0 aliphatic heterocycles. The molecule has 0 bridgehead atoms. The molecule has 1 aromatic carbocycles. The Balaban J connectivity index is 2.31. The van der Waals surface area contributed by atoms with Crippen molar-refractivity contribution in [3.05, 3.63) is 59.8 Å². The third-order valence-corrected chi connectivity index (χ3v) is 2.32. The van der Waals surface area contributed by atoms with Crippen LogP contribution in [0.2, 0.25) is 0 Å². The third kappa shape index (κ3) is 2.07. The summed E-state index contributed by atoms with van der Waals surface area (Å²) in [4.78, 5) is 0. The van der Waals surface area contributed by atoms with Crippen LogP contribution in [0.15, 0.2) is 47.1 Å². The fraction of sp³-hybridized carbons (Fsp3) is 0.167. The highest BCUT2D eigenvalue weighted by Crippen LogP contribution is 2.21. The van der Waals surface area contributed by atoms with Gasteiger partial charge in [-0.3, -0.25) is 0 Å². The summed E-state index contributed by atoms with van der Waals surface area (Å²) in [7, 11) is 1.84. The van der Waals surface area contributed by atoms with Gasteiger partial charge in [0.25, 0.3) is 0 Å². The summed E-state index contributed by atoms with van der Waals surface area (Å²) in [5, 5.41) is 3.12. The molecule has 0 radical (unpaired) electrons. The van der Waals surface area contributed by atoms with Gasteiger partial charge in [0, 0.05) is 0 Å². The molecule has 1 unspecified atom stereocenters. The Morgan fingerprint density at radius 1 is 1.20 bits per heavy atom. The number of hydrogen-bond donors (Lipinski definition) is 1. The van der Waals surface area contributed by atoms with Crippen LogP contribution < -0.4 is 5.32 Å². The van der Waals surface area contributed by atoms with Crippen molar-refractivity contribution in [1.82, 2.24) is 5.32 Å². The Morgan fingerprint density at radius 2 is 1.93 bits per heavy atom. The smallest absolute Gasteiger partial charge is 0.125 e. The molecular formula is C12H12FNO. The minimum Gasteiger partial charge on any atom is -0.467 e. The molecule has 0 saturated carbocycles. The van der Waals surface area contributed by atoms with Gasteiger partial charge in [0.15, 0.2) is 0 Å². The van der Waals surface area contributed by atoms with Crippen LogP contribution in [0.4, 0.5) is 4.39 Å². The van der Waals surface area contributed by atoms with Gasteiger partial charge in [0.05, 0.1) is 12.3 Å². The van der Waals surface area contributed by atoms with E-state index in [9.17, 15) is 4.39 Å². The summed E-state index contributed by atoms with van der Waals surface area (Å²) in [6.07, 6.45) is 1.63. The van der Waals surface area contributed by atoms with Gasteiger partial charge in [-0.1, -0.05) is 12.1 Å². The van der Waals surface area contributed by atoms with E-state index in [2.05, 4.69) is 5.32 Å². The molecule has 1 atom stereocenters. The Kier molecular flexibility index (Phi) is 2.83. The van der Waals surface area contributed by atoms with E-state index in [1.54, 1.807) is 18.4 Å². The van der Waals surface area contributed by atoms with E-state index < -0.39 is 0 Å². The lowest BCUT2D eigenvalue weighted by molar-refractivity contribution is 0.463. The second kappa shape index (κ2) is 4.28. The minimum absolute atomic E-state index is 0.0272. The van der Waals surface area contributed by atoms with Crippen molar-refractivity contribution < 1.29 is 8.81 Å². The summed E-state index contributed by atoms with van der Waals surface area (Å²) < 4.78 is 18.1. The lowest BCUT2D eigenvalue weighted by Gasteiger charge is -2.13. The monoisotopic (exact) mass is 205 g/mol. The molecule has 2 rings (SSSR count). The minimum atomic E-state index is -0.229. The lowest BCUT2D eigenvalue weighted by Crippen LogP contribution is -2.16. The summed E-state index contributed by atoms with van der Waals surface area (Å²) >= 11 is 0. The maximum atomic E-state index is 12.8. The van der Waals surface area contributed by atoms with Gasteiger partial charge in [-0.2, -0.15) is 0 Å². The predicted octanol–water partition coefficient (Wildman–Crippen LogP) is 2.73. The van der Waals surface area contributed by atoms with Crippen molar-refractivity contribution in [3.63, 3.8) is 0 Å². The van der Waals surface area contributed by atoms with Gasteiger partial charge in [-0.15, -0.1) is 0 Å². The zero-order chi connectivity index (χ0) is 10.7. The van der Waals surface area contributed by atoms with E-state index in [0.29, 0.717) is 0 Å². The van der Waals surface area contributed by atoms with Crippen LogP contribution in [0.25, 0.3) is 0 Å². The molecule has 1 heterocycles. The largest absolute Gasteiger partial charge is 0.467 e. The number of hydrogen-bond acceptors (Lipinski definition) is 2. The highest BCUT2D eigenvalue weighted by Gasteiger charge is 2.13. The molecule has 0 aliphatic rings. The summed E-state index contributed by atoms with van der Waals surface area (Å²) in [6.45, 7) is 0. The second-order valence-electron chi connectivity index (χ2n) is 3.29. The van der Waals surface area contributed by atoms with E-state index in [-0.39, 0.29) is 11.9 Å². The van der Waals surface area contributed by atoms with Crippen molar-refractivity contribution >= 4 is 0 Å². The Morgan fingerprint density at radius 3 is 2.47 bits per heavy atom. The average Bonchev–Trinajstić information content (AvgIpc) is 2.75. The summed E-state index contributed by atoms with van der Waals surface area (Å²) in [5.41, 5.74) is 0.980. The number of furan rings is 1. The molecule has 1 N–H and O–H groups in total. The number of halogens is 1. The van der Waals surface area contributed by atoms with Crippen molar-refractivity contribution in [2.24, 2.45) is 0 Å². The van der Waals surface area contributed by atoms with Gasteiger partial charge >= 0.3 is 0 Å². The van der Waals surface area contributed by atoms with E-state index in [1.165, 1.54) is 12.1 Å². The van der Waals surface area contributed by atoms with Gasteiger partial charge < -0.3 is 9.73 Å². The van der Waals surface area contributed by atoms with Gasteiger partial charge in [0.1, 0.15) is 11.6 Å². The van der Waals surface area contributed by atoms with Crippen LogP contribution in [0, 0.1) is 5.82 Å². The molecule has 1 aromatic heterocycles. The molecule has 0 amide bonds. The summed E-state index contributed by atoms with van der Waals surface area (Å²) in [6, 6.07) is 10.1. The van der Waals surface area contributed by atoms with Crippen molar-refractivity contribution in [1.29, 1.82) is 0 Å². The van der Waals surface area contributed by atoms with E-state index in [0.717, 1.165) is 11.3 Å². The van der Waals surface area contributed by atoms with Crippen LogP contribution in [0.5, 0.6) is 0 Å². The van der Waals surface area contributed by atoms with Crippen molar-refractivity contribution in [3.8, 4) is 0 Å². The van der Waals surface area contributed by atoms with Crippen LogP contribution in [0.3, 0.4) is 0 Å². The van der Waals surface area contributed by atoms with E-state index in [4.69, 9.17) is 4.42 Å². The first-order valence-electron chi connectivity index (χ1n) is 4.77. The number of nitrogens with one attached hydrogen (secondary N) is 1. The molecular weight excluding hydrogens is 193 g/mol. The quantitative estimate of drug-likeness (QED) is 0.833. The molecule has 2 nitrogen and oxygen atoms in total. The maximum absolute atomic E-state index is 12.8. The molecule has 0 aliphatic carbocycles. The molecule has 78 valence electrons. The fourth-order valence-corrected chi connectivity index (χ4v) is 1.58. The molecule has 3 heteroatoms. The first-order chi connectivity index (χ1) is 7.31. The van der Waals surface area contributed by atoms with Crippen LogP contribution in [-0.2, 0) is 0 Å². The maximum Gasteiger partial charge on any atom is 0.125 e. The molecule has 2 aromatic rings. The molecule has 15 heavy (non-hydrogen) atoms. The predicted molar refractivity (Wildman–Crippen MR) is 56.0 cm³/mol. The van der Waals surface area contributed by atoms with Crippen LogP contribution in [-0.4, -0.2) is 7.05 Å². The first-order valence-corrected chi connectivity index (χ1v) is 4.77. The Labute approximate surface area is 87.7 Å². The number of benzene rings is 1. The third-order valence-electron chi connectivity index (χ3n) is 2.32. The normalized spacial score (nSPS) is 12.7. The number of rotatable bonds is 3. The molecule has 0 saturated heterocycles. The van der Waals surface area contributed by atoms with E-state index in [1.807, 2.05) is 19.2 Å². The SMILES string of the molecule is CNC(c1ccc(F)cc1)c1ccco1. The second-order valence-corrected chi connectivity index (χ2v) is 3.29.